The van der Waals surface area contributed by atoms with Gasteiger partial charge in [-0.05, 0) is 31.5 Å². The Balaban J connectivity index is 0.000000730. The number of rotatable bonds is 4. The van der Waals surface area contributed by atoms with Crippen LogP contribution in [0.25, 0.3) is 0 Å². The number of aliphatic hydroxyl groups is 1. The van der Waals surface area contributed by atoms with E-state index in [9.17, 15) is 5.11 Å². The summed E-state index contributed by atoms with van der Waals surface area (Å²) in [6.07, 6.45) is 2.47. The third-order valence-corrected chi connectivity index (χ3v) is 4.70. The predicted molar refractivity (Wildman–Crippen MR) is 106 cm³/mol. The van der Waals surface area contributed by atoms with Gasteiger partial charge in [-0.3, -0.25) is 9.80 Å². The van der Waals surface area contributed by atoms with Crippen LogP contribution in [0.5, 0.6) is 0 Å². The first-order valence-corrected chi connectivity index (χ1v) is 10.1. The van der Waals surface area contributed by atoms with E-state index in [2.05, 4.69) is 40.1 Å². The third kappa shape index (κ3) is 7.45. The molecule has 2 fully saturated rings. The lowest BCUT2D eigenvalue weighted by Gasteiger charge is -2.42. The zero-order chi connectivity index (χ0) is 18.5. The minimum atomic E-state index is 0.0149. The summed E-state index contributed by atoms with van der Waals surface area (Å²) < 4.78 is 5.55. The molecule has 0 radical (unpaired) electrons. The molecule has 2 aliphatic rings. The number of likely N-dealkylation sites (tertiary alicyclic amines) is 1. The first-order chi connectivity index (χ1) is 12.3. The van der Waals surface area contributed by atoms with Crippen molar-refractivity contribution in [2.45, 2.75) is 59.2 Å². The molecule has 4 nitrogen and oxygen atoms in total. The Morgan fingerprint density at radius 2 is 1.64 bits per heavy atom. The highest BCUT2D eigenvalue weighted by Crippen LogP contribution is 2.20. The average Bonchev–Trinajstić information content (AvgIpc) is 2.72. The van der Waals surface area contributed by atoms with Crippen molar-refractivity contribution >= 4 is 0 Å². The van der Waals surface area contributed by atoms with E-state index in [1.54, 1.807) is 0 Å². The maximum Gasteiger partial charge on any atom is 0.0932 e. The number of hydrogen-bond donors (Lipinski definition) is 1. The molecule has 25 heavy (non-hydrogen) atoms. The maximum atomic E-state index is 9.25. The second-order valence-corrected chi connectivity index (χ2v) is 6.16. The highest BCUT2D eigenvalue weighted by molar-refractivity contribution is 5.14. The van der Waals surface area contributed by atoms with Crippen molar-refractivity contribution in [1.29, 1.82) is 0 Å². The number of piperidine rings is 1. The van der Waals surface area contributed by atoms with E-state index in [0.717, 1.165) is 26.2 Å². The summed E-state index contributed by atoms with van der Waals surface area (Å²) in [4.78, 5) is 5.07. The number of morpholine rings is 1. The fourth-order valence-corrected chi connectivity index (χ4v) is 3.47. The van der Waals surface area contributed by atoms with Crippen LogP contribution in [0.15, 0.2) is 30.3 Å². The van der Waals surface area contributed by atoms with Gasteiger partial charge in [-0.25, -0.2) is 0 Å². The van der Waals surface area contributed by atoms with Crippen LogP contribution >= 0.6 is 0 Å². The van der Waals surface area contributed by atoms with Crippen LogP contribution in [0.1, 0.15) is 46.1 Å². The molecular formula is C21H38N2O2. The topological polar surface area (TPSA) is 35.9 Å². The maximum absolute atomic E-state index is 9.25. The zero-order valence-corrected chi connectivity index (χ0v) is 16.7. The van der Waals surface area contributed by atoms with Crippen LogP contribution in [-0.4, -0.2) is 66.4 Å². The average molecular weight is 351 g/mol. The van der Waals surface area contributed by atoms with Gasteiger partial charge in [-0.15, -0.1) is 0 Å². The Morgan fingerprint density at radius 1 is 1.00 bits per heavy atom. The number of aliphatic hydroxyl groups excluding tert-OH is 1. The molecule has 3 rings (SSSR count). The molecule has 0 bridgehead atoms. The first kappa shape index (κ1) is 22.1. The number of nitrogens with zero attached hydrogens (tertiary/aromatic N) is 2. The van der Waals surface area contributed by atoms with Gasteiger partial charge < -0.3 is 9.84 Å². The van der Waals surface area contributed by atoms with E-state index < -0.39 is 0 Å². The summed E-state index contributed by atoms with van der Waals surface area (Å²) in [6.45, 7) is 14.2. The molecule has 1 aromatic carbocycles. The van der Waals surface area contributed by atoms with Gasteiger partial charge in [-0.2, -0.15) is 0 Å². The van der Waals surface area contributed by atoms with Crippen molar-refractivity contribution in [3.05, 3.63) is 35.9 Å². The molecule has 0 amide bonds. The van der Waals surface area contributed by atoms with Crippen LogP contribution < -0.4 is 0 Å². The van der Waals surface area contributed by atoms with Crippen LogP contribution in [0.2, 0.25) is 0 Å². The SMILES string of the molecule is CC.CC.OCC1CN(C2CCN(Cc3ccccc3)CC2)CCO1. The fraction of sp³-hybridized carbons (Fsp3) is 0.714. The Hall–Kier alpha value is -0.940. The molecule has 2 saturated heterocycles. The van der Waals surface area contributed by atoms with Gasteiger partial charge in [0, 0.05) is 25.7 Å². The molecule has 0 saturated carbocycles. The van der Waals surface area contributed by atoms with E-state index in [1.165, 1.54) is 31.5 Å². The Morgan fingerprint density at radius 3 is 2.24 bits per heavy atom. The zero-order valence-electron chi connectivity index (χ0n) is 16.7. The quantitative estimate of drug-likeness (QED) is 0.903. The van der Waals surface area contributed by atoms with Crippen molar-refractivity contribution in [2.24, 2.45) is 0 Å². The lowest BCUT2D eigenvalue weighted by atomic mass is 10.0. The minimum absolute atomic E-state index is 0.0149. The van der Waals surface area contributed by atoms with Crippen molar-refractivity contribution in [3.63, 3.8) is 0 Å². The van der Waals surface area contributed by atoms with E-state index >= 15 is 0 Å². The van der Waals surface area contributed by atoms with E-state index in [-0.39, 0.29) is 12.7 Å². The van der Waals surface area contributed by atoms with E-state index in [4.69, 9.17) is 4.74 Å². The third-order valence-electron chi connectivity index (χ3n) is 4.70. The Kier molecular flexibility index (Phi) is 11.7. The molecule has 2 heterocycles. The second kappa shape index (κ2) is 13.3. The van der Waals surface area contributed by atoms with Gasteiger partial charge in [-0.1, -0.05) is 58.0 Å². The second-order valence-electron chi connectivity index (χ2n) is 6.16. The molecule has 0 spiro atoms. The summed E-state index contributed by atoms with van der Waals surface area (Å²) in [6, 6.07) is 11.4. The summed E-state index contributed by atoms with van der Waals surface area (Å²) in [5.74, 6) is 0. The van der Waals surface area contributed by atoms with Gasteiger partial charge >= 0.3 is 0 Å². The van der Waals surface area contributed by atoms with Crippen molar-refractivity contribution in [1.82, 2.24) is 9.80 Å². The molecule has 0 aromatic heterocycles. The highest BCUT2D eigenvalue weighted by Gasteiger charge is 2.28. The van der Waals surface area contributed by atoms with Crippen LogP contribution in [0.4, 0.5) is 0 Å². The van der Waals surface area contributed by atoms with Crippen molar-refractivity contribution in [2.75, 3.05) is 39.4 Å². The number of ether oxygens (including phenoxy) is 1. The van der Waals surface area contributed by atoms with Gasteiger partial charge in [0.15, 0.2) is 0 Å². The van der Waals surface area contributed by atoms with Gasteiger partial charge in [0.2, 0.25) is 0 Å². The summed E-state index contributed by atoms with van der Waals surface area (Å²) in [5.41, 5.74) is 1.41. The summed E-state index contributed by atoms with van der Waals surface area (Å²) >= 11 is 0. The standard InChI is InChI=1S/C17H26N2O2.2C2H6/c20-14-17-13-19(10-11-21-17)16-6-8-18(9-7-16)12-15-4-2-1-3-5-15;2*1-2/h1-5,16-17,20H,6-14H2;2*1-2H3. The largest absolute Gasteiger partial charge is 0.394 e. The highest BCUT2D eigenvalue weighted by atomic mass is 16.5. The van der Waals surface area contributed by atoms with Gasteiger partial charge in [0.1, 0.15) is 0 Å². The Labute approximate surface area is 154 Å². The van der Waals surface area contributed by atoms with Crippen LogP contribution in [0, 0.1) is 0 Å². The lowest BCUT2D eigenvalue weighted by molar-refractivity contribution is -0.0713. The Bertz CT molecular complexity index is 419. The van der Waals surface area contributed by atoms with Crippen molar-refractivity contribution in [3.8, 4) is 0 Å². The summed E-state index contributed by atoms with van der Waals surface area (Å²) in [5, 5.41) is 9.25. The molecule has 2 aliphatic heterocycles. The predicted octanol–water partition coefficient (Wildman–Crippen LogP) is 3.40. The van der Waals surface area contributed by atoms with E-state index in [0.29, 0.717) is 6.04 Å². The fourth-order valence-electron chi connectivity index (χ4n) is 3.47. The summed E-state index contributed by atoms with van der Waals surface area (Å²) in [7, 11) is 0. The molecule has 1 unspecified atom stereocenters. The van der Waals surface area contributed by atoms with E-state index in [1.807, 2.05) is 27.7 Å². The molecule has 1 N–H and O–H groups in total. The van der Waals surface area contributed by atoms with Gasteiger partial charge in [0.25, 0.3) is 0 Å². The smallest absolute Gasteiger partial charge is 0.0932 e. The van der Waals surface area contributed by atoms with Crippen molar-refractivity contribution < 1.29 is 9.84 Å². The minimum Gasteiger partial charge on any atom is -0.394 e. The lowest BCUT2D eigenvalue weighted by Crippen LogP contribution is -2.52. The van der Waals surface area contributed by atoms with Crippen LogP contribution in [0.3, 0.4) is 0 Å². The monoisotopic (exact) mass is 350 g/mol. The molecule has 4 heteroatoms. The normalized spacial score (nSPS) is 22.4. The first-order valence-electron chi connectivity index (χ1n) is 10.1. The number of benzene rings is 1. The molecule has 144 valence electrons. The van der Waals surface area contributed by atoms with Crippen LogP contribution in [-0.2, 0) is 11.3 Å². The molecule has 0 aliphatic carbocycles. The molecule has 1 aromatic rings. The molecular weight excluding hydrogens is 312 g/mol. The van der Waals surface area contributed by atoms with Gasteiger partial charge in [0.05, 0.1) is 19.3 Å². The molecule has 1 atom stereocenters. The number of hydrogen-bond acceptors (Lipinski definition) is 4.